The summed E-state index contributed by atoms with van der Waals surface area (Å²) in [6, 6.07) is 6.09. The molecule has 0 spiro atoms. The minimum atomic E-state index is -0.880. The molecule has 1 N–H and O–H groups in total. The van der Waals surface area contributed by atoms with Crippen molar-refractivity contribution in [3.8, 4) is 5.75 Å². The van der Waals surface area contributed by atoms with Gasteiger partial charge in [0.1, 0.15) is 18.9 Å². The molecule has 0 radical (unpaired) electrons. The normalized spacial score (nSPS) is 10.4. The van der Waals surface area contributed by atoms with Gasteiger partial charge < -0.3 is 14.9 Å². The van der Waals surface area contributed by atoms with Gasteiger partial charge in [-0.3, -0.25) is 4.79 Å². The molecule has 0 heterocycles. The molecule has 0 aliphatic heterocycles. The van der Waals surface area contributed by atoms with Gasteiger partial charge in [-0.05, 0) is 37.5 Å². The van der Waals surface area contributed by atoms with Gasteiger partial charge in [0.15, 0.2) is 0 Å². The van der Waals surface area contributed by atoms with E-state index in [1.165, 1.54) is 12.1 Å². The van der Waals surface area contributed by atoms with Crippen molar-refractivity contribution in [1.82, 2.24) is 5.32 Å². The van der Waals surface area contributed by atoms with Crippen molar-refractivity contribution in [2.75, 3.05) is 6.54 Å². The van der Waals surface area contributed by atoms with Crippen LogP contribution in [0.5, 0.6) is 5.75 Å². The third-order valence-corrected chi connectivity index (χ3v) is 2.93. The van der Waals surface area contributed by atoms with E-state index < -0.39 is 11.1 Å². The smallest absolute Gasteiger partial charge is 0.330 e. The number of unbranched alkanes of at least 4 members (excludes halogenated alkanes) is 1. The highest BCUT2D eigenvalue weighted by Gasteiger charge is 2.08. The highest BCUT2D eigenvalue weighted by atomic mass is 16.9. The van der Waals surface area contributed by atoms with E-state index in [2.05, 4.69) is 10.2 Å². The molecule has 8 nitrogen and oxygen atoms in total. The molecule has 0 aromatic heterocycles. The summed E-state index contributed by atoms with van der Waals surface area (Å²) >= 11 is 0. The Morgan fingerprint density at radius 2 is 2.00 bits per heavy atom. The Kier molecular flexibility index (Phi) is 8.59. The zero-order valence-corrected chi connectivity index (χ0v) is 13.4. The van der Waals surface area contributed by atoms with Gasteiger partial charge in [0.2, 0.25) is 5.91 Å². The Hall–Kier alpha value is -2.90. The van der Waals surface area contributed by atoms with Crippen LogP contribution in [0.1, 0.15) is 31.7 Å². The first-order valence-electron chi connectivity index (χ1n) is 7.46. The van der Waals surface area contributed by atoms with Crippen LogP contribution < -0.4 is 10.1 Å². The zero-order chi connectivity index (χ0) is 17.8. The standard InChI is InChI=1S/C16H20N2O6/c1-2-3-4-5-6-15(19)17-11-16(20)24-14-9-7-13(8-10-14)12-23-18(21)22/h2-3,7-10H,4-6,11-12H2,1H3,(H,17,19)/b3-2-. The summed E-state index contributed by atoms with van der Waals surface area (Å²) in [6.45, 7) is 1.52. The Labute approximate surface area is 139 Å². The maximum Gasteiger partial charge on any atom is 0.330 e. The summed E-state index contributed by atoms with van der Waals surface area (Å²) in [7, 11) is 0. The number of esters is 1. The third kappa shape index (κ3) is 8.52. The lowest BCUT2D eigenvalue weighted by atomic mass is 10.2. The second-order valence-corrected chi connectivity index (χ2v) is 4.85. The van der Waals surface area contributed by atoms with Crippen LogP contribution in [0, 0.1) is 10.1 Å². The third-order valence-electron chi connectivity index (χ3n) is 2.93. The van der Waals surface area contributed by atoms with Gasteiger partial charge in [-0.2, -0.15) is 0 Å². The van der Waals surface area contributed by atoms with Crippen LogP contribution in [-0.2, 0) is 21.0 Å². The minimum absolute atomic E-state index is 0.176. The van der Waals surface area contributed by atoms with Crippen molar-refractivity contribution < 1.29 is 24.3 Å². The van der Waals surface area contributed by atoms with Crippen molar-refractivity contribution in [3.63, 3.8) is 0 Å². The van der Waals surface area contributed by atoms with Crippen LogP contribution in [0.15, 0.2) is 36.4 Å². The maximum absolute atomic E-state index is 11.6. The fraction of sp³-hybridized carbons (Fsp3) is 0.375. The number of hydrogen-bond acceptors (Lipinski definition) is 6. The molecule has 0 aliphatic rings. The number of hydrogen-bond donors (Lipinski definition) is 1. The number of benzene rings is 1. The molecule has 0 fully saturated rings. The largest absolute Gasteiger partial charge is 0.425 e. The lowest BCUT2D eigenvalue weighted by Gasteiger charge is -2.07. The number of nitrogens with zero attached hydrogens (tertiary/aromatic N) is 1. The lowest BCUT2D eigenvalue weighted by Crippen LogP contribution is -2.31. The highest BCUT2D eigenvalue weighted by Crippen LogP contribution is 2.13. The monoisotopic (exact) mass is 336 g/mol. The Morgan fingerprint density at radius 3 is 2.62 bits per heavy atom. The number of amides is 1. The molecule has 1 aromatic rings. The molecule has 1 rings (SSSR count). The van der Waals surface area contributed by atoms with Crippen LogP contribution >= 0.6 is 0 Å². The molecule has 130 valence electrons. The minimum Gasteiger partial charge on any atom is -0.425 e. The molecule has 1 aromatic carbocycles. The molecule has 0 atom stereocenters. The number of carbonyl (C=O) groups is 2. The van der Waals surface area contributed by atoms with Crippen molar-refractivity contribution >= 4 is 11.9 Å². The van der Waals surface area contributed by atoms with Crippen LogP contribution in [0.25, 0.3) is 0 Å². The molecule has 0 bridgehead atoms. The number of nitrogens with one attached hydrogen (secondary N) is 1. The van der Waals surface area contributed by atoms with Crippen molar-refractivity contribution in [3.05, 3.63) is 52.1 Å². The van der Waals surface area contributed by atoms with Crippen LogP contribution in [-0.4, -0.2) is 23.5 Å². The molecule has 0 unspecified atom stereocenters. The van der Waals surface area contributed by atoms with E-state index in [4.69, 9.17) is 4.74 Å². The van der Waals surface area contributed by atoms with Gasteiger partial charge in [0.05, 0.1) is 0 Å². The van der Waals surface area contributed by atoms with Gasteiger partial charge in [-0.25, -0.2) is 4.79 Å². The van der Waals surface area contributed by atoms with E-state index in [1.54, 1.807) is 12.1 Å². The van der Waals surface area contributed by atoms with E-state index in [-0.39, 0.29) is 24.8 Å². The molecule has 0 aliphatic carbocycles. The van der Waals surface area contributed by atoms with E-state index in [9.17, 15) is 19.7 Å². The van der Waals surface area contributed by atoms with E-state index in [1.807, 2.05) is 19.1 Å². The number of carbonyl (C=O) groups excluding carboxylic acids is 2. The quantitative estimate of drug-likeness (QED) is 0.175. The van der Waals surface area contributed by atoms with Gasteiger partial charge >= 0.3 is 5.97 Å². The predicted octanol–water partition coefficient (Wildman–Crippen LogP) is 2.16. The topological polar surface area (TPSA) is 108 Å². The summed E-state index contributed by atoms with van der Waals surface area (Å²) < 4.78 is 5.05. The number of rotatable bonds is 10. The van der Waals surface area contributed by atoms with Crippen LogP contribution in [0.2, 0.25) is 0 Å². The average Bonchev–Trinajstić information content (AvgIpc) is 2.56. The number of ether oxygens (including phenoxy) is 1. The van der Waals surface area contributed by atoms with Crippen molar-refractivity contribution in [2.24, 2.45) is 0 Å². The van der Waals surface area contributed by atoms with Gasteiger partial charge in [-0.1, -0.05) is 24.3 Å². The number of allylic oxidation sites excluding steroid dienone is 2. The second kappa shape index (κ2) is 10.8. The van der Waals surface area contributed by atoms with Crippen LogP contribution in [0.4, 0.5) is 0 Å². The lowest BCUT2D eigenvalue weighted by molar-refractivity contribution is -0.763. The molecule has 8 heteroatoms. The molecule has 0 saturated carbocycles. The molecular formula is C16H20N2O6. The van der Waals surface area contributed by atoms with Crippen LogP contribution in [0.3, 0.4) is 0 Å². The Balaban J connectivity index is 2.29. The summed E-state index contributed by atoms with van der Waals surface area (Å²) in [4.78, 5) is 37.5. The molecule has 24 heavy (non-hydrogen) atoms. The van der Waals surface area contributed by atoms with E-state index >= 15 is 0 Å². The first kappa shape index (κ1) is 19.1. The fourth-order valence-electron chi connectivity index (χ4n) is 1.75. The first-order chi connectivity index (χ1) is 11.5. The van der Waals surface area contributed by atoms with E-state index in [0.717, 1.165) is 12.8 Å². The average molecular weight is 336 g/mol. The van der Waals surface area contributed by atoms with Crippen molar-refractivity contribution in [2.45, 2.75) is 32.8 Å². The van der Waals surface area contributed by atoms with Crippen molar-refractivity contribution in [1.29, 1.82) is 0 Å². The molecule has 0 saturated heterocycles. The summed E-state index contributed by atoms with van der Waals surface area (Å²) in [5, 5.41) is 11.7. The van der Waals surface area contributed by atoms with E-state index in [0.29, 0.717) is 12.0 Å². The van der Waals surface area contributed by atoms with Gasteiger partial charge in [0.25, 0.3) is 5.09 Å². The highest BCUT2D eigenvalue weighted by molar-refractivity contribution is 5.82. The summed E-state index contributed by atoms with van der Waals surface area (Å²) in [5.74, 6) is -0.512. The maximum atomic E-state index is 11.6. The molecular weight excluding hydrogens is 316 g/mol. The summed E-state index contributed by atoms with van der Waals surface area (Å²) in [6.07, 6.45) is 5.79. The predicted molar refractivity (Wildman–Crippen MR) is 85.5 cm³/mol. The SMILES string of the molecule is C/C=C\CCCC(=O)NCC(=O)Oc1ccc(CO[N+](=O)[O-])cc1. The molecule has 1 amide bonds. The fourth-order valence-corrected chi connectivity index (χ4v) is 1.75. The van der Waals surface area contributed by atoms with Gasteiger partial charge in [-0.15, -0.1) is 10.1 Å². The van der Waals surface area contributed by atoms with Gasteiger partial charge in [0, 0.05) is 6.42 Å². The second-order valence-electron chi connectivity index (χ2n) is 4.85. The Bertz CT molecular complexity index is 583. The first-order valence-corrected chi connectivity index (χ1v) is 7.46. The Morgan fingerprint density at radius 1 is 1.29 bits per heavy atom. The zero-order valence-electron chi connectivity index (χ0n) is 13.4. The summed E-state index contributed by atoms with van der Waals surface area (Å²) in [5.41, 5.74) is 0.570.